The van der Waals surface area contributed by atoms with E-state index in [0.717, 1.165) is 5.56 Å². The van der Waals surface area contributed by atoms with Gasteiger partial charge in [-0.1, -0.05) is 12.1 Å². The summed E-state index contributed by atoms with van der Waals surface area (Å²) in [5, 5.41) is 8.60. The van der Waals surface area contributed by atoms with Crippen molar-refractivity contribution in [2.24, 2.45) is 5.73 Å². The van der Waals surface area contributed by atoms with E-state index in [4.69, 9.17) is 10.8 Å². The number of anilines is 1. The van der Waals surface area contributed by atoms with E-state index in [-0.39, 0.29) is 6.42 Å². The van der Waals surface area contributed by atoms with E-state index < -0.39 is 23.3 Å². The number of aliphatic carboxylic acids is 1. The fraction of sp³-hybridized carbons (Fsp3) is 0.222. The molecule has 4 N–H and O–H groups in total. The molecule has 16 heavy (non-hydrogen) atoms. The highest BCUT2D eigenvalue weighted by atomic mass is 32.2. The second-order valence-electron chi connectivity index (χ2n) is 3.18. The van der Waals surface area contributed by atoms with Crippen LogP contribution in [-0.2, 0) is 22.5 Å². The normalized spacial score (nSPS) is 14.1. The van der Waals surface area contributed by atoms with Gasteiger partial charge < -0.3 is 20.1 Å². The van der Waals surface area contributed by atoms with Crippen LogP contribution in [0.1, 0.15) is 5.56 Å². The largest absolute Gasteiger partial charge is 0.755 e. The number of carboxylic acid groups (broad SMARTS) is 1. The van der Waals surface area contributed by atoms with Gasteiger partial charge in [-0.25, -0.2) is 0 Å². The van der Waals surface area contributed by atoms with Gasteiger partial charge >= 0.3 is 5.97 Å². The van der Waals surface area contributed by atoms with Crippen molar-refractivity contribution in [2.45, 2.75) is 12.5 Å². The number of hydrogen-bond donors (Lipinski definition) is 3. The molecule has 1 aromatic rings. The number of carbonyl (C=O) groups is 1. The van der Waals surface area contributed by atoms with Crippen LogP contribution in [0, 0.1) is 0 Å². The first-order valence-electron chi connectivity index (χ1n) is 4.42. The van der Waals surface area contributed by atoms with Gasteiger partial charge in [0, 0.05) is 17.0 Å². The number of carboxylic acids is 1. The van der Waals surface area contributed by atoms with E-state index in [9.17, 15) is 13.6 Å². The number of nitrogens with one attached hydrogen (secondary N) is 1. The van der Waals surface area contributed by atoms with Crippen LogP contribution in [-0.4, -0.2) is 25.9 Å². The van der Waals surface area contributed by atoms with Crippen molar-refractivity contribution in [3.63, 3.8) is 0 Å². The lowest BCUT2D eigenvalue weighted by atomic mass is 10.1. The highest BCUT2D eigenvalue weighted by Crippen LogP contribution is 2.11. The Kier molecular flexibility index (Phi) is 4.41. The molecule has 0 aliphatic carbocycles. The first kappa shape index (κ1) is 12.6. The number of rotatable bonds is 5. The third-order valence-corrected chi connectivity index (χ3v) is 2.33. The molecule has 0 bridgehead atoms. The van der Waals surface area contributed by atoms with Gasteiger partial charge in [0.15, 0.2) is 0 Å². The molecule has 6 nitrogen and oxygen atoms in total. The summed E-state index contributed by atoms with van der Waals surface area (Å²) in [6.45, 7) is 0. The maximum atomic E-state index is 10.5. The molecule has 0 fully saturated rings. The van der Waals surface area contributed by atoms with Crippen LogP contribution in [0.15, 0.2) is 24.3 Å². The Balaban J connectivity index is 2.64. The van der Waals surface area contributed by atoms with Crippen LogP contribution in [0.2, 0.25) is 0 Å². The average Bonchev–Trinajstić information content (AvgIpc) is 2.20. The van der Waals surface area contributed by atoms with Gasteiger partial charge in [-0.05, 0) is 24.1 Å². The molecule has 0 saturated carbocycles. The quantitative estimate of drug-likeness (QED) is 0.622. The smallest absolute Gasteiger partial charge is 0.320 e. The van der Waals surface area contributed by atoms with Crippen molar-refractivity contribution < 1.29 is 18.7 Å². The predicted octanol–water partition coefficient (Wildman–Crippen LogP) is -0.153. The standard InChI is InChI=1S/C9H12N2O4S/c10-8(9(12)13)5-6-1-3-7(4-2-6)11-16(14)15/h1-4,8,11H,5,10H2,(H,12,13)(H,14,15)/p-1. The Bertz CT molecular complexity index is 393. The molecule has 0 aliphatic rings. The van der Waals surface area contributed by atoms with Crippen LogP contribution >= 0.6 is 0 Å². The first-order valence-corrected chi connectivity index (χ1v) is 5.50. The van der Waals surface area contributed by atoms with E-state index in [1.165, 1.54) is 0 Å². The van der Waals surface area contributed by atoms with Crippen molar-refractivity contribution in [1.29, 1.82) is 0 Å². The van der Waals surface area contributed by atoms with Crippen molar-refractivity contribution in [3.8, 4) is 0 Å². The van der Waals surface area contributed by atoms with E-state index in [2.05, 4.69) is 4.72 Å². The fourth-order valence-electron chi connectivity index (χ4n) is 1.15. The lowest BCUT2D eigenvalue weighted by Crippen LogP contribution is -2.32. The molecule has 0 spiro atoms. The second kappa shape index (κ2) is 5.59. The maximum Gasteiger partial charge on any atom is 0.320 e. The number of hydrogen-bond acceptors (Lipinski definition) is 4. The molecule has 0 heterocycles. The van der Waals surface area contributed by atoms with E-state index in [1.807, 2.05) is 0 Å². The first-order chi connectivity index (χ1) is 7.49. The average molecular weight is 243 g/mol. The second-order valence-corrected chi connectivity index (χ2v) is 3.86. The summed E-state index contributed by atoms with van der Waals surface area (Å²) >= 11 is -2.36. The summed E-state index contributed by atoms with van der Waals surface area (Å²) in [5.74, 6) is -1.07. The van der Waals surface area contributed by atoms with Crippen molar-refractivity contribution >= 4 is 22.9 Å². The topological polar surface area (TPSA) is 115 Å². The Morgan fingerprint density at radius 3 is 2.50 bits per heavy atom. The van der Waals surface area contributed by atoms with Crippen LogP contribution in [0.3, 0.4) is 0 Å². The third kappa shape index (κ3) is 3.97. The molecule has 88 valence electrons. The minimum Gasteiger partial charge on any atom is -0.755 e. The summed E-state index contributed by atoms with van der Waals surface area (Å²) in [4.78, 5) is 10.5. The molecule has 0 aliphatic heterocycles. The van der Waals surface area contributed by atoms with Gasteiger partial charge in [0.25, 0.3) is 0 Å². The summed E-state index contributed by atoms with van der Waals surface area (Å²) in [5.41, 5.74) is 6.50. The van der Waals surface area contributed by atoms with Gasteiger partial charge in [-0.3, -0.25) is 9.00 Å². The van der Waals surface area contributed by atoms with E-state index >= 15 is 0 Å². The SMILES string of the molecule is NC(Cc1ccc(NS(=O)[O-])cc1)C(=O)O. The van der Waals surface area contributed by atoms with Crippen LogP contribution in [0.5, 0.6) is 0 Å². The lowest BCUT2D eigenvalue weighted by molar-refractivity contribution is -0.138. The Hall–Kier alpha value is -1.44. The summed E-state index contributed by atoms with van der Waals surface area (Å²) in [6.07, 6.45) is 0.204. The number of benzene rings is 1. The summed E-state index contributed by atoms with van der Waals surface area (Å²) in [6, 6.07) is 5.38. The summed E-state index contributed by atoms with van der Waals surface area (Å²) in [7, 11) is 0. The van der Waals surface area contributed by atoms with Crippen LogP contribution in [0.25, 0.3) is 0 Å². The number of nitrogens with two attached hydrogens (primary N) is 1. The Labute approximate surface area is 94.9 Å². The van der Waals surface area contributed by atoms with Crippen LogP contribution < -0.4 is 10.5 Å². The highest BCUT2D eigenvalue weighted by Gasteiger charge is 2.11. The zero-order chi connectivity index (χ0) is 12.1. The third-order valence-electron chi connectivity index (χ3n) is 1.93. The predicted molar refractivity (Wildman–Crippen MR) is 58.3 cm³/mol. The minimum atomic E-state index is -2.36. The molecule has 0 amide bonds. The maximum absolute atomic E-state index is 10.5. The van der Waals surface area contributed by atoms with Crippen molar-refractivity contribution in [2.75, 3.05) is 4.72 Å². The molecule has 1 aromatic carbocycles. The fourth-order valence-corrected chi connectivity index (χ4v) is 1.47. The zero-order valence-electron chi connectivity index (χ0n) is 8.25. The molecule has 2 unspecified atom stereocenters. The highest BCUT2D eigenvalue weighted by molar-refractivity contribution is 7.80. The van der Waals surface area contributed by atoms with Crippen molar-refractivity contribution in [3.05, 3.63) is 29.8 Å². The van der Waals surface area contributed by atoms with Crippen LogP contribution in [0.4, 0.5) is 5.69 Å². The monoisotopic (exact) mass is 243 g/mol. The van der Waals surface area contributed by atoms with Gasteiger partial charge in [0.05, 0.1) is 0 Å². The summed E-state index contributed by atoms with van der Waals surface area (Å²) < 4.78 is 22.8. The van der Waals surface area contributed by atoms with Crippen molar-refractivity contribution in [1.82, 2.24) is 0 Å². The molecular formula is C9H11N2O4S-. The molecular weight excluding hydrogens is 232 g/mol. The molecule has 7 heteroatoms. The van der Waals surface area contributed by atoms with Gasteiger partial charge in [0.2, 0.25) is 0 Å². The molecule has 1 rings (SSSR count). The van der Waals surface area contributed by atoms with Gasteiger partial charge in [0.1, 0.15) is 6.04 Å². The van der Waals surface area contributed by atoms with Gasteiger partial charge in [-0.15, -0.1) is 0 Å². The molecule has 0 aromatic heterocycles. The molecule has 0 radical (unpaired) electrons. The Morgan fingerprint density at radius 2 is 2.06 bits per heavy atom. The molecule has 0 saturated heterocycles. The van der Waals surface area contributed by atoms with Gasteiger partial charge in [-0.2, -0.15) is 0 Å². The lowest BCUT2D eigenvalue weighted by Gasteiger charge is -2.10. The zero-order valence-corrected chi connectivity index (χ0v) is 9.07. The van der Waals surface area contributed by atoms with E-state index in [0.29, 0.717) is 5.69 Å². The molecule has 2 atom stereocenters. The Morgan fingerprint density at radius 1 is 1.50 bits per heavy atom. The minimum absolute atomic E-state index is 0.204. The van der Waals surface area contributed by atoms with E-state index in [1.54, 1.807) is 24.3 Å².